The number of nitrogens with zero attached hydrogens (tertiary/aromatic N) is 2. The van der Waals surface area contributed by atoms with Crippen LogP contribution < -0.4 is 10.7 Å². The van der Waals surface area contributed by atoms with Crippen molar-refractivity contribution in [1.29, 1.82) is 0 Å². The van der Waals surface area contributed by atoms with Crippen molar-refractivity contribution in [1.82, 2.24) is 15.6 Å². The predicted octanol–water partition coefficient (Wildman–Crippen LogP) is -0.841. The fourth-order valence-electron chi connectivity index (χ4n) is 0.320. The van der Waals surface area contributed by atoms with Crippen LogP contribution in [0, 0.1) is 10.1 Å². The number of hydrogen-bond acceptors (Lipinski definition) is 4. The highest BCUT2D eigenvalue weighted by Crippen LogP contribution is 1.76. The third kappa shape index (κ3) is 4.04. The Morgan fingerprint density at radius 3 is 2.25 bits per heavy atom. The van der Waals surface area contributed by atoms with E-state index in [2.05, 4.69) is 0 Å². The third-order valence-electron chi connectivity index (χ3n) is 0.819. The van der Waals surface area contributed by atoms with Crippen LogP contribution in [0.2, 0.25) is 0 Å². The second kappa shape index (κ2) is 4.11. The number of carbonyl (C=O) groups is 2. The van der Waals surface area contributed by atoms with E-state index in [1.807, 2.05) is 0 Å². The van der Waals surface area contributed by atoms with E-state index in [0.717, 1.165) is 4.90 Å². The lowest BCUT2D eigenvalue weighted by molar-refractivity contribution is -0.527. The summed E-state index contributed by atoms with van der Waals surface area (Å²) in [5, 5.41) is 10.3. The van der Waals surface area contributed by atoms with Gasteiger partial charge in [0.2, 0.25) is 0 Å². The first kappa shape index (κ1) is 10.1. The van der Waals surface area contributed by atoms with Crippen LogP contribution in [0.25, 0.3) is 0 Å². The fraction of sp³-hybridized carbons (Fsp3) is 0.500. The zero-order chi connectivity index (χ0) is 9.72. The third-order valence-corrected chi connectivity index (χ3v) is 0.819. The second-order valence-corrected chi connectivity index (χ2v) is 2.02. The number of amides is 4. The highest BCUT2D eigenvalue weighted by atomic mass is 16.7. The van der Waals surface area contributed by atoms with Crippen LogP contribution in [-0.4, -0.2) is 36.1 Å². The Bertz CT molecular complexity index is 213. The van der Waals surface area contributed by atoms with Crippen LogP contribution in [-0.2, 0) is 0 Å². The molecular weight excluding hydrogens is 168 g/mol. The van der Waals surface area contributed by atoms with Gasteiger partial charge in [-0.05, 0) is 0 Å². The molecule has 0 aromatic carbocycles. The Hall–Kier alpha value is -1.86. The second-order valence-electron chi connectivity index (χ2n) is 2.02. The van der Waals surface area contributed by atoms with Crippen LogP contribution >= 0.6 is 0 Å². The molecule has 0 heterocycles. The lowest BCUT2D eigenvalue weighted by Gasteiger charge is -2.08. The Morgan fingerprint density at radius 2 is 1.92 bits per heavy atom. The summed E-state index contributed by atoms with van der Waals surface area (Å²) in [6.45, 7) is 0. The van der Waals surface area contributed by atoms with Crippen molar-refractivity contribution in [3.05, 3.63) is 10.1 Å². The summed E-state index contributed by atoms with van der Waals surface area (Å²) < 4.78 is 0. The summed E-state index contributed by atoms with van der Waals surface area (Å²) in [5.74, 6) is 0. The summed E-state index contributed by atoms with van der Waals surface area (Å²) in [7, 11) is 2.80. The molecule has 12 heavy (non-hydrogen) atoms. The molecule has 0 aliphatic carbocycles. The number of urea groups is 2. The van der Waals surface area contributed by atoms with Gasteiger partial charge in [0, 0.05) is 14.1 Å². The first-order valence-electron chi connectivity index (χ1n) is 2.87. The quantitative estimate of drug-likeness (QED) is 0.401. The summed E-state index contributed by atoms with van der Waals surface area (Å²) >= 11 is 0. The molecule has 0 spiro atoms. The molecule has 0 aromatic heterocycles. The van der Waals surface area contributed by atoms with Gasteiger partial charge in [-0.2, -0.15) is 0 Å². The normalized spacial score (nSPS) is 8.50. The maximum absolute atomic E-state index is 10.7. The smallest absolute Gasteiger partial charge is 0.331 e. The van der Waals surface area contributed by atoms with Gasteiger partial charge >= 0.3 is 12.1 Å². The number of carbonyl (C=O) groups excluding carboxylic acids is 2. The van der Waals surface area contributed by atoms with E-state index in [1.165, 1.54) is 19.5 Å². The Kier molecular flexibility index (Phi) is 3.47. The molecule has 0 aliphatic rings. The molecule has 8 nitrogen and oxygen atoms in total. The summed E-state index contributed by atoms with van der Waals surface area (Å²) in [6, 6.07) is -1.90. The lowest BCUT2D eigenvalue weighted by Crippen LogP contribution is -2.46. The molecule has 4 amide bonds. The molecule has 0 fully saturated rings. The van der Waals surface area contributed by atoms with Crippen molar-refractivity contribution in [3.8, 4) is 0 Å². The van der Waals surface area contributed by atoms with E-state index in [4.69, 9.17) is 0 Å². The molecule has 0 unspecified atom stereocenters. The van der Waals surface area contributed by atoms with Gasteiger partial charge in [0.05, 0.1) is 0 Å². The Labute approximate surface area is 67.6 Å². The number of nitro groups is 1. The predicted molar refractivity (Wildman–Crippen MR) is 37.7 cm³/mol. The van der Waals surface area contributed by atoms with E-state index in [9.17, 15) is 19.7 Å². The molecule has 68 valence electrons. The first-order valence-corrected chi connectivity index (χ1v) is 2.87. The Balaban J connectivity index is 3.85. The molecule has 0 radical (unpaired) electrons. The van der Waals surface area contributed by atoms with Crippen molar-refractivity contribution in [2.45, 2.75) is 0 Å². The summed E-state index contributed by atoms with van der Waals surface area (Å²) in [6.07, 6.45) is 0. The zero-order valence-corrected chi connectivity index (χ0v) is 6.53. The maximum atomic E-state index is 10.7. The molecule has 2 N–H and O–H groups in total. The van der Waals surface area contributed by atoms with E-state index in [1.54, 1.807) is 5.32 Å². The molecular formula is C4H8N4O4. The van der Waals surface area contributed by atoms with Crippen LogP contribution in [0.3, 0.4) is 0 Å². The van der Waals surface area contributed by atoms with Gasteiger partial charge in [0.1, 0.15) is 0 Å². The molecule has 0 atom stereocenters. The van der Waals surface area contributed by atoms with Crippen LogP contribution in [0.4, 0.5) is 9.59 Å². The molecule has 8 heteroatoms. The van der Waals surface area contributed by atoms with Crippen molar-refractivity contribution in [2.75, 3.05) is 14.1 Å². The molecule has 0 bridgehead atoms. The van der Waals surface area contributed by atoms with E-state index in [0.29, 0.717) is 0 Å². The number of nitrogens with one attached hydrogen (secondary N) is 2. The summed E-state index contributed by atoms with van der Waals surface area (Å²) in [4.78, 5) is 31.9. The van der Waals surface area contributed by atoms with Crippen LogP contribution in [0.15, 0.2) is 0 Å². The standard InChI is InChI=1S/C4H8N4O4/c1-7(2)4(10)5-3(9)6-8(11)12/h1-2H3,(H2,5,6,9,10). The average Bonchev–Trinajstić information content (AvgIpc) is 1.84. The van der Waals surface area contributed by atoms with E-state index < -0.39 is 17.1 Å². The molecule has 0 saturated heterocycles. The SMILES string of the molecule is CN(C)C(=O)NC(=O)N[N+](=O)[O-]. The van der Waals surface area contributed by atoms with Gasteiger partial charge < -0.3 is 4.90 Å². The van der Waals surface area contributed by atoms with Gasteiger partial charge in [-0.1, -0.05) is 5.43 Å². The molecule has 0 rings (SSSR count). The van der Waals surface area contributed by atoms with E-state index in [-0.39, 0.29) is 0 Å². The maximum Gasteiger partial charge on any atom is 0.380 e. The largest absolute Gasteiger partial charge is 0.380 e. The van der Waals surface area contributed by atoms with Crippen molar-refractivity contribution in [3.63, 3.8) is 0 Å². The number of rotatable bonds is 1. The summed E-state index contributed by atoms with van der Waals surface area (Å²) in [5.41, 5.74) is 1.25. The highest BCUT2D eigenvalue weighted by Gasteiger charge is 2.12. The van der Waals surface area contributed by atoms with Crippen molar-refractivity contribution in [2.24, 2.45) is 0 Å². The lowest BCUT2D eigenvalue weighted by atomic mass is 10.8. The van der Waals surface area contributed by atoms with Gasteiger partial charge in [-0.3, -0.25) is 5.32 Å². The molecule has 0 saturated carbocycles. The number of hydrogen-bond donors (Lipinski definition) is 2. The Morgan fingerprint density at radius 1 is 1.42 bits per heavy atom. The minimum absolute atomic E-state index is 0.727. The first-order chi connectivity index (χ1) is 5.43. The minimum Gasteiger partial charge on any atom is -0.331 e. The minimum atomic E-state index is -1.17. The van der Waals surface area contributed by atoms with Gasteiger partial charge in [-0.15, -0.1) is 0 Å². The molecule has 0 aliphatic heterocycles. The zero-order valence-electron chi connectivity index (χ0n) is 6.53. The van der Waals surface area contributed by atoms with Gasteiger partial charge in [0.15, 0.2) is 5.03 Å². The van der Waals surface area contributed by atoms with Crippen LogP contribution in [0.5, 0.6) is 0 Å². The highest BCUT2D eigenvalue weighted by molar-refractivity contribution is 5.92. The number of imide groups is 1. The fourth-order valence-corrected chi connectivity index (χ4v) is 0.320. The molecule has 0 aromatic rings. The van der Waals surface area contributed by atoms with E-state index >= 15 is 0 Å². The monoisotopic (exact) mass is 176 g/mol. The average molecular weight is 176 g/mol. The topological polar surface area (TPSA) is 105 Å². The van der Waals surface area contributed by atoms with Crippen LogP contribution in [0.1, 0.15) is 0 Å². The number of hydrazine groups is 1. The van der Waals surface area contributed by atoms with Crippen molar-refractivity contribution >= 4 is 12.1 Å². The van der Waals surface area contributed by atoms with Gasteiger partial charge in [-0.25, -0.2) is 19.7 Å². The van der Waals surface area contributed by atoms with Crippen molar-refractivity contribution < 1.29 is 14.6 Å². The van der Waals surface area contributed by atoms with Gasteiger partial charge in [0.25, 0.3) is 0 Å².